The van der Waals surface area contributed by atoms with E-state index in [4.69, 9.17) is 4.74 Å². The molecule has 0 fully saturated rings. The molecule has 1 rings (SSSR count). The predicted molar refractivity (Wildman–Crippen MR) is 67.1 cm³/mol. The van der Waals surface area contributed by atoms with Crippen molar-refractivity contribution in [1.82, 2.24) is 5.32 Å². The van der Waals surface area contributed by atoms with Gasteiger partial charge in [-0.15, -0.1) is 0 Å². The molecule has 1 N–H and O–H groups in total. The Bertz CT molecular complexity index is 273. The fraction of sp³-hybridized carbons (Fsp3) is 0.500. The van der Waals surface area contributed by atoms with Gasteiger partial charge in [0.25, 0.3) is 0 Å². The lowest BCUT2D eigenvalue weighted by Crippen LogP contribution is -2.20. The van der Waals surface area contributed by atoms with Crippen molar-refractivity contribution in [2.45, 2.75) is 19.4 Å². The van der Waals surface area contributed by atoms with Gasteiger partial charge in [-0.25, -0.2) is 0 Å². The molecule has 84 valence electrons. The van der Waals surface area contributed by atoms with Gasteiger partial charge < -0.3 is 10.1 Å². The van der Waals surface area contributed by atoms with E-state index in [1.807, 2.05) is 0 Å². The van der Waals surface area contributed by atoms with Crippen LogP contribution in [0.5, 0.6) is 0 Å². The van der Waals surface area contributed by atoms with Gasteiger partial charge in [0, 0.05) is 24.2 Å². The first-order chi connectivity index (χ1) is 7.24. The summed E-state index contributed by atoms with van der Waals surface area (Å²) in [5.41, 5.74) is 1.32. The van der Waals surface area contributed by atoms with E-state index in [1.165, 1.54) is 5.56 Å². The van der Waals surface area contributed by atoms with Gasteiger partial charge in [-0.3, -0.25) is 0 Å². The summed E-state index contributed by atoms with van der Waals surface area (Å²) < 4.78 is 6.12. The van der Waals surface area contributed by atoms with Crippen molar-refractivity contribution in [3.8, 4) is 0 Å². The lowest BCUT2D eigenvalue weighted by molar-refractivity contribution is 0.193. The minimum absolute atomic E-state index is 0.398. The summed E-state index contributed by atoms with van der Waals surface area (Å²) in [7, 11) is 1.73. The van der Waals surface area contributed by atoms with Gasteiger partial charge in [0.05, 0.1) is 0 Å². The number of rotatable bonds is 6. The van der Waals surface area contributed by atoms with Crippen LogP contribution in [0.1, 0.15) is 24.9 Å². The van der Waals surface area contributed by atoms with Crippen LogP contribution in [0, 0.1) is 0 Å². The van der Waals surface area contributed by atoms with Crippen LogP contribution in [0.25, 0.3) is 0 Å². The van der Waals surface area contributed by atoms with Crippen molar-refractivity contribution >= 4 is 15.9 Å². The first-order valence-corrected chi connectivity index (χ1v) is 6.01. The van der Waals surface area contributed by atoms with E-state index in [9.17, 15) is 0 Å². The third-order valence-electron chi connectivity index (χ3n) is 2.35. The molecule has 1 atom stereocenters. The van der Waals surface area contributed by atoms with E-state index >= 15 is 0 Å². The molecule has 0 unspecified atom stereocenters. The van der Waals surface area contributed by atoms with E-state index in [1.54, 1.807) is 7.11 Å². The van der Waals surface area contributed by atoms with Crippen LogP contribution in [0.2, 0.25) is 0 Å². The Balaban J connectivity index is 2.33. The van der Waals surface area contributed by atoms with Crippen LogP contribution in [0.4, 0.5) is 0 Å². The van der Waals surface area contributed by atoms with Crippen LogP contribution in [0.3, 0.4) is 0 Å². The fourth-order valence-electron chi connectivity index (χ4n) is 1.40. The van der Waals surface area contributed by atoms with Crippen LogP contribution in [-0.4, -0.2) is 20.3 Å². The number of benzene rings is 1. The molecule has 0 saturated heterocycles. The molecule has 0 bridgehead atoms. The summed E-state index contributed by atoms with van der Waals surface area (Å²) in [5.74, 6) is 0. The Morgan fingerprint density at radius 1 is 1.33 bits per heavy atom. The van der Waals surface area contributed by atoms with Gasteiger partial charge in [0.15, 0.2) is 0 Å². The number of hydrogen-bond donors (Lipinski definition) is 1. The zero-order valence-electron chi connectivity index (χ0n) is 9.29. The molecule has 0 radical (unpaired) electrons. The molecule has 15 heavy (non-hydrogen) atoms. The Morgan fingerprint density at radius 2 is 2.00 bits per heavy atom. The molecule has 0 spiro atoms. The second-order valence-corrected chi connectivity index (χ2v) is 4.49. The Hall–Kier alpha value is -0.380. The smallest absolute Gasteiger partial charge is 0.0474 e. The van der Waals surface area contributed by atoms with Gasteiger partial charge in [0.1, 0.15) is 0 Å². The Morgan fingerprint density at radius 3 is 2.60 bits per heavy atom. The van der Waals surface area contributed by atoms with Crippen LogP contribution in [-0.2, 0) is 4.74 Å². The van der Waals surface area contributed by atoms with Crippen LogP contribution < -0.4 is 5.32 Å². The molecular weight excluding hydrogens is 254 g/mol. The maximum absolute atomic E-state index is 5.00. The quantitative estimate of drug-likeness (QED) is 0.803. The minimum atomic E-state index is 0.398. The van der Waals surface area contributed by atoms with Gasteiger partial charge in [-0.05, 0) is 37.6 Å². The Labute approximate surface area is 100 Å². The molecule has 0 amide bonds. The maximum Gasteiger partial charge on any atom is 0.0474 e. The first kappa shape index (κ1) is 12.7. The zero-order valence-corrected chi connectivity index (χ0v) is 10.9. The van der Waals surface area contributed by atoms with Crippen molar-refractivity contribution in [3.63, 3.8) is 0 Å². The van der Waals surface area contributed by atoms with Gasteiger partial charge in [-0.1, -0.05) is 28.1 Å². The van der Waals surface area contributed by atoms with Crippen molar-refractivity contribution in [3.05, 3.63) is 34.3 Å². The van der Waals surface area contributed by atoms with E-state index in [0.717, 1.165) is 24.0 Å². The second-order valence-electron chi connectivity index (χ2n) is 3.57. The number of hydrogen-bond acceptors (Lipinski definition) is 2. The van der Waals surface area contributed by atoms with Gasteiger partial charge in [-0.2, -0.15) is 0 Å². The summed E-state index contributed by atoms with van der Waals surface area (Å²) in [6.07, 6.45) is 1.05. The maximum atomic E-state index is 5.00. The molecule has 0 saturated carbocycles. The summed E-state index contributed by atoms with van der Waals surface area (Å²) >= 11 is 3.43. The molecule has 0 heterocycles. The Kier molecular flexibility index (Phi) is 5.91. The highest BCUT2D eigenvalue weighted by atomic mass is 79.9. The monoisotopic (exact) mass is 271 g/mol. The number of methoxy groups -OCH3 is 1. The molecule has 3 heteroatoms. The van der Waals surface area contributed by atoms with Gasteiger partial charge in [0.2, 0.25) is 0 Å². The summed E-state index contributed by atoms with van der Waals surface area (Å²) in [4.78, 5) is 0. The topological polar surface area (TPSA) is 21.3 Å². The summed E-state index contributed by atoms with van der Waals surface area (Å²) in [5, 5.41) is 3.46. The molecule has 0 aliphatic carbocycles. The molecule has 2 nitrogen and oxygen atoms in total. The molecular formula is C12H18BrNO. The lowest BCUT2D eigenvalue weighted by atomic mass is 10.1. The number of ether oxygens (including phenoxy) is 1. The molecule has 1 aromatic carbocycles. The average molecular weight is 272 g/mol. The third kappa shape index (κ3) is 4.78. The summed E-state index contributed by atoms with van der Waals surface area (Å²) in [6, 6.07) is 8.82. The van der Waals surface area contributed by atoms with Gasteiger partial charge >= 0.3 is 0 Å². The average Bonchev–Trinajstić information content (AvgIpc) is 2.25. The number of halogens is 1. The third-order valence-corrected chi connectivity index (χ3v) is 2.87. The van der Waals surface area contributed by atoms with E-state index < -0.39 is 0 Å². The van der Waals surface area contributed by atoms with Crippen LogP contribution in [0.15, 0.2) is 28.7 Å². The molecule has 1 aromatic rings. The zero-order chi connectivity index (χ0) is 11.1. The van der Waals surface area contributed by atoms with E-state index in [-0.39, 0.29) is 0 Å². The highest BCUT2D eigenvalue weighted by Crippen LogP contribution is 2.16. The lowest BCUT2D eigenvalue weighted by Gasteiger charge is -2.14. The van der Waals surface area contributed by atoms with Crippen molar-refractivity contribution < 1.29 is 4.74 Å². The molecule has 0 aliphatic rings. The van der Waals surface area contributed by atoms with Crippen LogP contribution >= 0.6 is 15.9 Å². The standard InChI is InChI=1S/C12H18BrNO/c1-10(14-8-3-9-15-2)11-4-6-12(13)7-5-11/h4-7,10,14H,3,8-9H2,1-2H3/t10-/m0/s1. The molecule has 0 aliphatic heterocycles. The predicted octanol–water partition coefficient (Wildman–Crippen LogP) is 3.14. The minimum Gasteiger partial charge on any atom is -0.385 e. The first-order valence-electron chi connectivity index (χ1n) is 5.22. The fourth-order valence-corrected chi connectivity index (χ4v) is 1.67. The highest BCUT2D eigenvalue weighted by Gasteiger charge is 2.03. The SMILES string of the molecule is COCCCN[C@@H](C)c1ccc(Br)cc1. The normalized spacial score (nSPS) is 12.7. The second kappa shape index (κ2) is 6.99. The summed E-state index contributed by atoms with van der Waals surface area (Å²) in [6.45, 7) is 3.99. The van der Waals surface area contributed by atoms with Crippen molar-refractivity contribution in [2.24, 2.45) is 0 Å². The van der Waals surface area contributed by atoms with Crippen molar-refractivity contribution in [1.29, 1.82) is 0 Å². The molecule has 0 aromatic heterocycles. The van der Waals surface area contributed by atoms with Crippen molar-refractivity contribution in [2.75, 3.05) is 20.3 Å². The van der Waals surface area contributed by atoms with E-state index in [0.29, 0.717) is 6.04 Å². The highest BCUT2D eigenvalue weighted by molar-refractivity contribution is 9.10. The largest absolute Gasteiger partial charge is 0.385 e. The number of nitrogens with one attached hydrogen (secondary N) is 1. The van der Waals surface area contributed by atoms with E-state index in [2.05, 4.69) is 52.4 Å².